The van der Waals surface area contributed by atoms with Crippen LogP contribution in [0.25, 0.3) is 22.0 Å². The van der Waals surface area contributed by atoms with Crippen molar-refractivity contribution in [3.63, 3.8) is 0 Å². The molecule has 3 aromatic heterocycles. The average molecular weight is 469 g/mol. The first kappa shape index (κ1) is 20.5. The van der Waals surface area contributed by atoms with E-state index in [1.54, 1.807) is 17.2 Å². The summed E-state index contributed by atoms with van der Waals surface area (Å²) in [5, 5.41) is 1.79. The molecule has 4 aromatic rings. The number of nitrogens with one attached hydrogen (secondary N) is 1. The number of ether oxygens (including phenoxy) is 1. The Balaban J connectivity index is 1.59. The number of amides is 1. The Hall–Kier alpha value is -3.36. The molecule has 162 valence electrons. The molecule has 3 N–H and O–H groups in total. The predicted molar refractivity (Wildman–Crippen MR) is 123 cm³/mol. The highest BCUT2D eigenvalue weighted by molar-refractivity contribution is 6.45. The zero-order chi connectivity index (χ0) is 22.4. The number of nitrogens with zero attached hydrogens (tertiary/aromatic N) is 4. The van der Waals surface area contributed by atoms with Gasteiger partial charge in [-0.25, -0.2) is 15.0 Å². The highest BCUT2D eigenvalue weighted by atomic mass is 35.5. The van der Waals surface area contributed by atoms with Crippen LogP contribution in [0.4, 0.5) is 5.82 Å². The van der Waals surface area contributed by atoms with Gasteiger partial charge in [0.05, 0.1) is 35.1 Å². The zero-order valence-electron chi connectivity index (χ0n) is 17.0. The largest absolute Gasteiger partial charge is 0.494 e. The summed E-state index contributed by atoms with van der Waals surface area (Å²) < 4.78 is 5.07. The molecule has 1 aliphatic heterocycles. The number of halogens is 2. The Labute approximate surface area is 193 Å². The van der Waals surface area contributed by atoms with Gasteiger partial charge in [-0.2, -0.15) is 0 Å². The fourth-order valence-electron chi connectivity index (χ4n) is 3.98. The van der Waals surface area contributed by atoms with Gasteiger partial charge in [0.2, 0.25) is 5.82 Å². The van der Waals surface area contributed by atoms with Gasteiger partial charge in [0.15, 0.2) is 5.75 Å². The number of benzene rings is 1. The SMILES string of the molecule is COc1cnc(C(=O)N2CCc3[nH]c4c(Cl)c(Cl)cc(-c5ccc(N)nc5)c4c3C2)nc1. The van der Waals surface area contributed by atoms with Gasteiger partial charge in [-0.05, 0) is 23.8 Å². The van der Waals surface area contributed by atoms with Crippen LogP contribution in [0.3, 0.4) is 0 Å². The fraction of sp³-hybridized carbons (Fsp3) is 0.182. The van der Waals surface area contributed by atoms with Gasteiger partial charge in [0.1, 0.15) is 5.82 Å². The first-order chi connectivity index (χ1) is 15.5. The standard InChI is InChI=1S/C22H18Cl2N6O2/c1-32-12-8-27-21(28-9-12)22(31)30-5-4-16-14(10-30)18-13(11-2-3-17(25)26-7-11)6-15(23)19(24)20(18)29-16/h2-3,6-9,29H,4-5,10H2,1H3,(H2,25,26). The maximum absolute atomic E-state index is 13.1. The molecule has 0 atom stereocenters. The molecule has 0 saturated heterocycles. The van der Waals surface area contributed by atoms with E-state index in [2.05, 4.69) is 19.9 Å². The van der Waals surface area contributed by atoms with E-state index in [0.717, 1.165) is 33.3 Å². The van der Waals surface area contributed by atoms with Crippen LogP contribution >= 0.6 is 23.2 Å². The molecule has 0 unspecified atom stereocenters. The normalized spacial score (nSPS) is 13.3. The molecule has 5 rings (SSSR count). The van der Waals surface area contributed by atoms with Crippen LogP contribution in [0.1, 0.15) is 21.9 Å². The van der Waals surface area contributed by atoms with E-state index < -0.39 is 0 Å². The number of aromatic nitrogens is 4. The Morgan fingerprint density at radius 3 is 2.66 bits per heavy atom. The minimum atomic E-state index is -0.247. The minimum Gasteiger partial charge on any atom is -0.494 e. The molecule has 8 nitrogen and oxygen atoms in total. The third-order valence-corrected chi connectivity index (χ3v) is 6.37. The highest BCUT2D eigenvalue weighted by Gasteiger charge is 2.28. The van der Waals surface area contributed by atoms with Crippen molar-refractivity contribution in [3.05, 3.63) is 63.9 Å². The maximum atomic E-state index is 13.1. The van der Waals surface area contributed by atoms with Gasteiger partial charge >= 0.3 is 0 Å². The third-order valence-electron chi connectivity index (χ3n) is 5.58. The lowest BCUT2D eigenvalue weighted by Crippen LogP contribution is -2.36. The molecule has 1 amide bonds. The number of nitrogen functional groups attached to an aromatic ring is 1. The first-order valence-corrected chi connectivity index (χ1v) is 10.6. The number of rotatable bonds is 3. The predicted octanol–water partition coefficient (Wildman–Crippen LogP) is 4.12. The van der Waals surface area contributed by atoms with E-state index in [-0.39, 0.29) is 11.7 Å². The number of carbonyl (C=O) groups excluding carboxylic acids is 1. The Morgan fingerprint density at radius 2 is 1.97 bits per heavy atom. The van der Waals surface area contributed by atoms with Crippen molar-refractivity contribution in [1.82, 2.24) is 24.8 Å². The summed E-state index contributed by atoms with van der Waals surface area (Å²) in [5.74, 6) is 0.798. The second kappa shape index (κ2) is 7.96. The van der Waals surface area contributed by atoms with Crippen LogP contribution in [0, 0.1) is 0 Å². The Kier molecular flexibility index (Phi) is 5.11. The quantitative estimate of drug-likeness (QED) is 0.467. The lowest BCUT2D eigenvalue weighted by molar-refractivity contribution is 0.0722. The second-order valence-electron chi connectivity index (χ2n) is 7.45. The number of anilines is 1. The highest BCUT2D eigenvalue weighted by Crippen LogP contribution is 2.42. The number of H-pyrrole nitrogens is 1. The average Bonchev–Trinajstić information content (AvgIpc) is 3.21. The number of carbonyl (C=O) groups is 1. The van der Waals surface area contributed by atoms with E-state index in [1.807, 2.05) is 12.1 Å². The number of fused-ring (bicyclic) bond motifs is 3. The second-order valence-corrected chi connectivity index (χ2v) is 8.23. The Morgan fingerprint density at radius 1 is 1.19 bits per heavy atom. The molecule has 0 saturated carbocycles. The molecule has 0 aliphatic carbocycles. The third kappa shape index (κ3) is 3.41. The molecule has 0 spiro atoms. The monoisotopic (exact) mass is 468 g/mol. The fourth-order valence-corrected chi connectivity index (χ4v) is 4.38. The van der Waals surface area contributed by atoms with Crippen LogP contribution in [0.15, 0.2) is 36.8 Å². The van der Waals surface area contributed by atoms with Crippen molar-refractivity contribution >= 4 is 45.8 Å². The summed E-state index contributed by atoms with van der Waals surface area (Å²) in [4.78, 5) is 30.7. The number of pyridine rings is 1. The first-order valence-electron chi connectivity index (χ1n) is 9.85. The van der Waals surface area contributed by atoms with Crippen LogP contribution in [-0.4, -0.2) is 44.4 Å². The molecule has 1 aliphatic rings. The molecular weight excluding hydrogens is 451 g/mol. The van der Waals surface area contributed by atoms with E-state index in [1.165, 1.54) is 19.5 Å². The van der Waals surface area contributed by atoms with Crippen LogP contribution in [0.2, 0.25) is 10.0 Å². The van der Waals surface area contributed by atoms with E-state index in [9.17, 15) is 4.79 Å². The molecule has 1 aromatic carbocycles. The zero-order valence-corrected chi connectivity index (χ0v) is 18.5. The number of aromatic amines is 1. The van der Waals surface area contributed by atoms with Crippen molar-refractivity contribution in [2.24, 2.45) is 0 Å². The molecule has 0 bridgehead atoms. The minimum absolute atomic E-state index is 0.123. The van der Waals surface area contributed by atoms with Gasteiger partial charge < -0.3 is 20.4 Å². The molecule has 0 fully saturated rings. The molecular formula is C22H18Cl2N6O2. The number of nitrogens with two attached hydrogens (primary N) is 1. The molecule has 10 heteroatoms. The van der Waals surface area contributed by atoms with E-state index >= 15 is 0 Å². The van der Waals surface area contributed by atoms with Crippen molar-refractivity contribution in [2.75, 3.05) is 19.4 Å². The van der Waals surface area contributed by atoms with Gasteiger partial charge in [0, 0.05) is 47.9 Å². The topological polar surface area (TPSA) is 110 Å². The van der Waals surface area contributed by atoms with Gasteiger partial charge in [-0.1, -0.05) is 23.2 Å². The van der Waals surface area contributed by atoms with Gasteiger partial charge in [-0.3, -0.25) is 4.79 Å². The summed E-state index contributed by atoms with van der Waals surface area (Å²) in [7, 11) is 1.52. The van der Waals surface area contributed by atoms with Crippen molar-refractivity contribution in [2.45, 2.75) is 13.0 Å². The Bertz CT molecular complexity index is 1340. The molecule has 0 radical (unpaired) electrons. The smallest absolute Gasteiger partial charge is 0.291 e. The van der Waals surface area contributed by atoms with Crippen molar-refractivity contribution in [1.29, 1.82) is 0 Å². The van der Waals surface area contributed by atoms with E-state index in [4.69, 9.17) is 33.7 Å². The summed E-state index contributed by atoms with van der Waals surface area (Å²) in [6, 6.07) is 5.44. The molecule has 4 heterocycles. The number of methoxy groups -OCH3 is 1. The van der Waals surface area contributed by atoms with Gasteiger partial charge in [0.25, 0.3) is 5.91 Å². The summed E-state index contributed by atoms with van der Waals surface area (Å²) in [5.41, 5.74) is 10.2. The maximum Gasteiger partial charge on any atom is 0.291 e. The van der Waals surface area contributed by atoms with Crippen LogP contribution in [0.5, 0.6) is 5.75 Å². The summed E-state index contributed by atoms with van der Waals surface area (Å²) in [6.07, 6.45) is 5.30. The lowest BCUT2D eigenvalue weighted by atomic mass is 9.97. The lowest BCUT2D eigenvalue weighted by Gasteiger charge is -2.27. The van der Waals surface area contributed by atoms with Crippen LogP contribution < -0.4 is 10.5 Å². The van der Waals surface area contributed by atoms with Crippen LogP contribution in [-0.2, 0) is 13.0 Å². The van der Waals surface area contributed by atoms with E-state index in [0.29, 0.717) is 41.1 Å². The number of hydrogen-bond acceptors (Lipinski definition) is 6. The number of hydrogen-bond donors (Lipinski definition) is 2. The molecule has 32 heavy (non-hydrogen) atoms. The van der Waals surface area contributed by atoms with Gasteiger partial charge in [-0.15, -0.1) is 0 Å². The summed E-state index contributed by atoms with van der Waals surface area (Å²) >= 11 is 13.0. The van der Waals surface area contributed by atoms with Crippen molar-refractivity contribution in [3.8, 4) is 16.9 Å². The van der Waals surface area contributed by atoms with Crippen molar-refractivity contribution < 1.29 is 9.53 Å². The summed E-state index contributed by atoms with van der Waals surface area (Å²) in [6.45, 7) is 0.912.